The Kier molecular flexibility index (Phi) is 6.37. The van der Waals surface area contributed by atoms with Crippen LogP contribution in [0.5, 0.6) is 0 Å². The number of carboxylic acid groups (broad SMARTS) is 1. The summed E-state index contributed by atoms with van der Waals surface area (Å²) in [4.78, 5) is 22.8. The molecule has 1 atom stereocenters. The number of carbonyl (C=O) groups is 2. The molecule has 0 aliphatic rings. The van der Waals surface area contributed by atoms with E-state index in [4.69, 9.17) is 14.6 Å². The molecule has 0 saturated carbocycles. The molecule has 0 heterocycles. The number of carboxylic acids is 1. The summed E-state index contributed by atoms with van der Waals surface area (Å²) in [6, 6.07) is 6.51. The fourth-order valence-corrected chi connectivity index (χ4v) is 1.68. The van der Waals surface area contributed by atoms with Crippen molar-refractivity contribution >= 4 is 12.1 Å². The maximum Gasteiger partial charge on any atom is 0.408 e. The van der Waals surface area contributed by atoms with Crippen molar-refractivity contribution in [1.29, 1.82) is 0 Å². The molecule has 6 heteroatoms. The topological polar surface area (TPSA) is 84.9 Å². The molecule has 22 heavy (non-hydrogen) atoms. The minimum atomic E-state index is -1.17. The first-order valence-electron chi connectivity index (χ1n) is 7.03. The number of rotatable bonds is 6. The molecule has 0 aromatic heterocycles. The molecule has 0 spiro atoms. The van der Waals surface area contributed by atoms with Crippen molar-refractivity contribution < 1.29 is 24.2 Å². The van der Waals surface area contributed by atoms with Crippen molar-refractivity contribution in [2.75, 3.05) is 6.61 Å². The van der Waals surface area contributed by atoms with Gasteiger partial charge in [0.25, 0.3) is 0 Å². The van der Waals surface area contributed by atoms with E-state index in [-0.39, 0.29) is 13.2 Å². The van der Waals surface area contributed by atoms with Gasteiger partial charge < -0.3 is 19.9 Å². The second-order valence-corrected chi connectivity index (χ2v) is 5.98. The molecule has 0 unspecified atom stereocenters. The molecule has 0 radical (unpaired) electrons. The van der Waals surface area contributed by atoms with Gasteiger partial charge in [-0.15, -0.1) is 0 Å². The Hall–Kier alpha value is -2.08. The van der Waals surface area contributed by atoms with E-state index in [9.17, 15) is 9.59 Å². The van der Waals surface area contributed by atoms with Gasteiger partial charge in [0.15, 0.2) is 6.04 Å². The molecular weight excluding hydrogens is 286 g/mol. The van der Waals surface area contributed by atoms with Crippen molar-refractivity contribution in [3.63, 3.8) is 0 Å². The number of ether oxygens (including phenoxy) is 2. The second kappa shape index (κ2) is 7.79. The van der Waals surface area contributed by atoms with E-state index >= 15 is 0 Å². The molecule has 1 amide bonds. The van der Waals surface area contributed by atoms with Crippen LogP contribution < -0.4 is 5.32 Å². The van der Waals surface area contributed by atoms with Crippen LogP contribution >= 0.6 is 0 Å². The van der Waals surface area contributed by atoms with Crippen LogP contribution in [0.1, 0.15) is 31.9 Å². The van der Waals surface area contributed by atoms with Crippen LogP contribution in [-0.2, 0) is 20.9 Å². The summed E-state index contributed by atoms with van der Waals surface area (Å²) in [5.74, 6) is -1.17. The molecule has 1 aromatic rings. The summed E-state index contributed by atoms with van der Waals surface area (Å²) >= 11 is 0. The van der Waals surface area contributed by atoms with Crippen molar-refractivity contribution in [3.05, 3.63) is 35.4 Å². The van der Waals surface area contributed by atoms with E-state index in [1.807, 2.05) is 31.2 Å². The SMILES string of the molecule is Cc1ccccc1COC[C@H](NC(=O)OC(C)(C)C)C(=O)O. The third-order valence-electron chi connectivity index (χ3n) is 2.79. The van der Waals surface area contributed by atoms with Gasteiger partial charge in [-0.25, -0.2) is 9.59 Å². The third-order valence-corrected chi connectivity index (χ3v) is 2.79. The number of nitrogens with one attached hydrogen (secondary N) is 1. The maximum absolute atomic E-state index is 11.6. The fraction of sp³-hybridized carbons (Fsp3) is 0.500. The van der Waals surface area contributed by atoms with Gasteiger partial charge >= 0.3 is 12.1 Å². The number of carbonyl (C=O) groups excluding carboxylic acids is 1. The van der Waals surface area contributed by atoms with Crippen LogP contribution in [0, 0.1) is 6.92 Å². The van der Waals surface area contributed by atoms with Gasteiger partial charge in [-0.2, -0.15) is 0 Å². The number of hydrogen-bond acceptors (Lipinski definition) is 4. The summed E-state index contributed by atoms with van der Waals surface area (Å²) < 4.78 is 10.4. The highest BCUT2D eigenvalue weighted by Gasteiger charge is 2.24. The molecular formula is C16H23NO5. The zero-order valence-corrected chi connectivity index (χ0v) is 13.4. The summed E-state index contributed by atoms with van der Waals surface area (Å²) in [6.45, 7) is 7.22. The van der Waals surface area contributed by atoms with Crippen molar-refractivity contribution in [2.45, 2.75) is 45.9 Å². The molecule has 1 aromatic carbocycles. The van der Waals surface area contributed by atoms with Crippen LogP contribution in [0.25, 0.3) is 0 Å². The number of benzene rings is 1. The highest BCUT2D eigenvalue weighted by atomic mass is 16.6. The van der Waals surface area contributed by atoms with E-state index in [1.54, 1.807) is 20.8 Å². The van der Waals surface area contributed by atoms with Crippen LogP contribution in [-0.4, -0.2) is 35.4 Å². The lowest BCUT2D eigenvalue weighted by Crippen LogP contribution is -2.46. The zero-order chi connectivity index (χ0) is 16.8. The average Bonchev–Trinajstić information content (AvgIpc) is 2.37. The van der Waals surface area contributed by atoms with Gasteiger partial charge in [0, 0.05) is 0 Å². The van der Waals surface area contributed by atoms with Crippen molar-refractivity contribution in [1.82, 2.24) is 5.32 Å². The first kappa shape index (κ1) is 18.0. The summed E-state index contributed by atoms with van der Waals surface area (Å²) in [5, 5.41) is 11.4. The Balaban J connectivity index is 2.50. The van der Waals surface area contributed by atoms with E-state index in [1.165, 1.54) is 0 Å². The summed E-state index contributed by atoms with van der Waals surface area (Å²) in [6.07, 6.45) is -0.778. The number of amides is 1. The smallest absolute Gasteiger partial charge is 0.408 e. The zero-order valence-electron chi connectivity index (χ0n) is 13.4. The Morgan fingerprint density at radius 2 is 1.91 bits per heavy atom. The molecule has 6 nitrogen and oxygen atoms in total. The Morgan fingerprint density at radius 3 is 2.45 bits per heavy atom. The first-order valence-corrected chi connectivity index (χ1v) is 7.03. The number of hydrogen-bond donors (Lipinski definition) is 2. The van der Waals surface area contributed by atoms with E-state index < -0.39 is 23.7 Å². The second-order valence-electron chi connectivity index (χ2n) is 5.98. The number of aliphatic carboxylic acids is 1. The highest BCUT2D eigenvalue weighted by Crippen LogP contribution is 2.09. The molecule has 0 aliphatic heterocycles. The number of aryl methyl sites for hydroxylation is 1. The predicted molar refractivity (Wildman–Crippen MR) is 81.6 cm³/mol. The van der Waals surface area contributed by atoms with E-state index in [0.717, 1.165) is 11.1 Å². The lowest BCUT2D eigenvalue weighted by molar-refractivity contribution is -0.141. The summed E-state index contributed by atoms with van der Waals surface area (Å²) in [5.41, 5.74) is 1.35. The highest BCUT2D eigenvalue weighted by molar-refractivity contribution is 5.80. The Morgan fingerprint density at radius 1 is 1.27 bits per heavy atom. The van der Waals surface area contributed by atoms with Crippen molar-refractivity contribution in [3.8, 4) is 0 Å². The number of alkyl carbamates (subject to hydrolysis) is 1. The lowest BCUT2D eigenvalue weighted by atomic mass is 10.1. The van der Waals surface area contributed by atoms with Gasteiger partial charge in [0.2, 0.25) is 0 Å². The van der Waals surface area contributed by atoms with E-state index in [2.05, 4.69) is 5.32 Å². The van der Waals surface area contributed by atoms with Crippen LogP contribution in [0.2, 0.25) is 0 Å². The lowest BCUT2D eigenvalue weighted by Gasteiger charge is -2.22. The molecule has 0 aliphatic carbocycles. The maximum atomic E-state index is 11.6. The fourth-order valence-electron chi connectivity index (χ4n) is 1.68. The molecule has 1 rings (SSSR count). The molecule has 2 N–H and O–H groups in total. The monoisotopic (exact) mass is 309 g/mol. The molecule has 0 saturated heterocycles. The predicted octanol–water partition coefficient (Wildman–Crippen LogP) is 2.49. The van der Waals surface area contributed by atoms with Gasteiger partial charge in [0.1, 0.15) is 5.60 Å². The molecule has 0 fully saturated rings. The van der Waals surface area contributed by atoms with Crippen LogP contribution in [0.4, 0.5) is 4.79 Å². The third kappa shape index (κ3) is 6.58. The largest absolute Gasteiger partial charge is 0.480 e. The van der Waals surface area contributed by atoms with Crippen molar-refractivity contribution in [2.24, 2.45) is 0 Å². The standard InChI is InChI=1S/C16H23NO5/c1-11-7-5-6-8-12(11)9-21-10-13(14(18)19)17-15(20)22-16(2,3)4/h5-8,13H,9-10H2,1-4H3,(H,17,20)(H,18,19)/t13-/m0/s1. The molecule has 122 valence electrons. The van der Waals surface area contributed by atoms with Crippen LogP contribution in [0.3, 0.4) is 0 Å². The average molecular weight is 309 g/mol. The Labute approximate surface area is 130 Å². The van der Waals surface area contributed by atoms with Crippen LogP contribution in [0.15, 0.2) is 24.3 Å². The summed E-state index contributed by atoms with van der Waals surface area (Å²) in [7, 11) is 0. The van der Waals surface area contributed by atoms with Gasteiger partial charge in [-0.1, -0.05) is 24.3 Å². The van der Waals surface area contributed by atoms with Gasteiger partial charge in [-0.3, -0.25) is 0 Å². The quantitative estimate of drug-likeness (QED) is 0.843. The minimum Gasteiger partial charge on any atom is -0.480 e. The molecule has 0 bridgehead atoms. The van der Waals surface area contributed by atoms with Gasteiger partial charge in [-0.05, 0) is 38.8 Å². The first-order chi connectivity index (χ1) is 10.2. The Bertz CT molecular complexity index is 522. The minimum absolute atomic E-state index is 0.136. The van der Waals surface area contributed by atoms with E-state index in [0.29, 0.717) is 0 Å². The van der Waals surface area contributed by atoms with Gasteiger partial charge in [0.05, 0.1) is 13.2 Å². The normalized spacial score (nSPS) is 12.5.